The molecule has 0 unspecified atom stereocenters. The molecule has 0 radical (unpaired) electrons. The van der Waals surface area contributed by atoms with E-state index < -0.39 is 0 Å². The largest absolute Gasteiger partial charge is 0.363 e. The van der Waals surface area contributed by atoms with Gasteiger partial charge >= 0.3 is 20.9 Å². The van der Waals surface area contributed by atoms with Crippen LogP contribution < -0.4 is 31.8 Å². The Hall–Kier alpha value is -2.27. The van der Waals surface area contributed by atoms with Crippen LogP contribution in [0.25, 0.3) is 0 Å². The Bertz CT molecular complexity index is 767. The van der Waals surface area contributed by atoms with Gasteiger partial charge in [0.05, 0.1) is 0 Å². The van der Waals surface area contributed by atoms with Crippen molar-refractivity contribution < 1.29 is 0 Å². The molecule has 0 aliphatic carbocycles. The highest BCUT2D eigenvalue weighted by atomic mass is 15.1. The zero-order valence-electron chi connectivity index (χ0n) is 16.2. The lowest BCUT2D eigenvalue weighted by molar-refractivity contribution is 1.19. The zero-order chi connectivity index (χ0) is 18.8. The third kappa shape index (κ3) is 4.19. The van der Waals surface area contributed by atoms with E-state index >= 15 is 0 Å². The van der Waals surface area contributed by atoms with Crippen molar-refractivity contribution in [3.05, 3.63) is 89.5 Å². The summed E-state index contributed by atoms with van der Waals surface area (Å²) in [5.74, 6) is 0. The second-order valence-corrected chi connectivity index (χ2v) is 7.53. The predicted molar refractivity (Wildman–Crippen MR) is 119 cm³/mol. The van der Waals surface area contributed by atoms with E-state index in [0.717, 1.165) is 0 Å². The predicted octanol–water partition coefficient (Wildman–Crippen LogP) is 0.880. The molecule has 4 rings (SSSR count). The summed E-state index contributed by atoms with van der Waals surface area (Å²) in [5.41, 5.74) is 7.57. The molecule has 0 amide bonds. The van der Waals surface area contributed by atoms with Crippen LogP contribution in [0.15, 0.2) is 72.8 Å². The van der Waals surface area contributed by atoms with Crippen molar-refractivity contribution in [2.75, 3.05) is 0 Å². The average molecular weight is 351 g/mol. The molecule has 6 heteroatoms. The first-order valence-electron chi connectivity index (χ1n) is 9.56. The molecule has 0 aromatic heterocycles. The Morgan fingerprint density at radius 1 is 0.407 bits per heavy atom. The van der Waals surface area contributed by atoms with Gasteiger partial charge in [-0.2, -0.15) is 0 Å². The zero-order valence-corrected chi connectivity index (χ0v) is 16.2. The van der Waals surface area contributed by atoms with Crippen LogP contribution in [0.2, 0.25) is 0 Å². The van der Waals surface area contributed by atoms with Crippen molar-refractivity contribution in [3.8, 4) is 0 Å². The molecule has 132 valence electrons. The number of benzene rings is 3. The number of rotatable bonds is 3. The second-order valence-electron chi connectivity index (χ2n) is 7.53. The average Bonchev–Trinajstić information content (AvgIpc) is 2.69. The lowest BCUT2D eigenvalue weighted by Crippen LogP contribution is -2.83. The van der Waals surface area contributed by atoms with Gasteiger partial charge in [-0.15, -0.1) is 0 Å². The van der Waals surface area contributed by atoms with Crippen LogP contribution in [0, 0.1) is 20.8 Å². The van der Waals surface area contributed by atoms with Crippen LogP contribution in [0.4, 0.5) is 0 Å². The number of nitrogens with one attached hydrogen (secondary N) is 3. The first-order chi connectivity index (χ1) is 13.1. The summed E-state index contributed by atoms with van der Waals surface area (Å²) in [4.78, 5) is 0. The van der Waals surface area contributed by atoms with Crippen molar-refractivity contribution in [2.24, 2.45) is 0 Å². The molecule has 0 atom stereocenters. The van der Waals surface area contributed by atoms with E-state index in [-0.39, 0.29) is 20.9 Å². The quantitative estimate of drug-likeness (QED) is 0.614. The van der Waals surface area contributed by atoms with E-state index in [1.165, 1.54) is 33.1 Å². The van der Waals surface area contributed by atoms with Gasteiger partial charge in [0.1, 0.15) is 0 Å². The summed E-state index contributed by atoms with van der Waals surface area (Å²) in [6.45, 7) is 6.59. The normalized spacial score (nSPS) is 14.6. The van der Waals surface area contributed by atoms with E-state index in [0.29, 0.717) is 0 Å². The maximum Gasteiger partial charge on any atom is 0.320 e. The molecule has 3 aromatic rings. The molecule has 3 nitrogen and oxygen atoms in total. The van der Waals surface area contributed by atoms with Crippen LogP contribution in [0.3, 0.4) is 0 Å². The Morgan fingerprint density at radius 3 is 0.852 bits per heavy atom. The Morgan fingerprint density at radius 2 is 0.630 bits per heavy atom. The summed E-state index contributed by atoms with van der Waals surface area (Å²) in [6, 6.07) is 26.2. The highest BCUT2D eigenvalue weighted by Crippen LogP contribution is 2.00. The minimum Gasteiger partial charge on any atom is -0.363 e. The third-order valence-electron chi connectivity index (χ3n) is 5.23. The first-order valence-corrected chi connectivity index (χ1v) is 9.56. The van der Waals surface area contributed by atoms with Gasteiger partial charge in [-0.05, 0) is 37.2 Å². The summed E-state index contributed by atoms with van der Waals surface area (Å²) >= 11 is 0. The minimum absolute atomic E-state index is 0.0736. The summed E-state index contributed by atoms with van der Waals surface area (Å²) in [6.07, 6.45) is 0. The van der Waals surface area contributed by atoms with E-state index in [4.69, 9.17) is 0 Å². The van der Waals surface area contributed by atoms with Crippen molar-refractivity contribution in [1.29, 1.82) is 0 Å². The fraction of sp³-hybridized carbons (Fsp3) is 0.143. The van der Waals surface area contributed by atoms with Crippen LogP contribution >= 0.6 is 0 Å². The van der Waals surface area contributed by atoms with E-state index in [1.807, 2.05) is 0 Å². The molecule has 1 aliphatic rings. The van der Waals surface area contributed by atoms with Crippen molar-refractivity contribution in [2.45, 2.75) is 20.8 Å². The van der Waals surface area contributed by atoms with Gasteiger partial charge in [-0.3, -0.25) is 0 Å². The molecular formula is C21H24B3N3. The minimum atomic E-state index is 0.0736. The van der Waals surface area contributed by atoms with Crippen LogP contribution in [0.1, 0.15) is 16.7 Å². The summed E-state index contributed by atoms with van der Waals surface area (Å²) < 4.78 is 0. The van der Waals surface area contributed by atoms with Crippen molar-refractivity contribution >= 4 is 37.3 Å². The maximum absolute atomic E-state index is 3.71. The summed E-state index contributed by atoms with van der Waals surface area (Å²) in [5, 5.41) is 11.1. The number of aryl methyl sites for hydroxylation is 3. The lowest BCUT2D eigenvalue weighted by atomic mass is 9.43. The molecule has 1 fully saturated rings. The maximum atomic E-state index is 3.71. The van der Waals surface area contributed by atoms with Crippen LogP contribution in [0.5, 0.6) is 0 Å². The molecule has 1 heterocycles. The SMILES string of the molecule is Cc1ccc(B2NB(c3ccc(C)cc3)NB(c3ccc(C)cc3)N2)cc1. The molecule has 1 aliphatic heterocycles. The van der Waals surface area contributed by atoms with Gasteiger partial charge < -0.3 is 15.4 Å². The topological polar surface area (TPSA) is 36.1 Å². The van der Waals surface area contributed by atoms with E-state index in [1.54, 1.807) is 0 Å². The van der Waals surface area contributed by atoms with Gasteiger partial charge in [-0.25, -0.2) is 0 Å². The molecule has 27 heavy (non-hydrogen) atoms. The van der Waals surface area contributed by atoms with Crippen molar-refractivity contribution in [1.82, 2.24) is 15.4 Å². The standard InChI is InChI=1S/C21H24B3N3/c1-16-4-10-19(11-5-16)22-25-23(20-12-6-17(2)7-13-20)27-24(26-22)21-14-8-18(3)9-15-21/h4-15,25-27H,1-3H3. The smallest absolute Gasteiger partial charge is 0.320 e. The van der Waals surface area contributed by atoms with Gasteiger partial charge in [0.2, 0.25) is 0 Å². The molecule has 0 bridgehead atoms. The monoisotopic (exact) mass is 351 g/mol. The summed E-state index contributed by atoms with van der Waals surface area (Å²) in [7, 11) is 0. The first kappa shape index (κ1) is 18.1. The molecule has 0 spiro atoms. The van der Waals surface area contributed by atoms with Crippen molar-refractivity contribution in [3.63, 3.8) is 0 Å². The van der Waals surface area contributed by atoms with Gasteiger partial charge in [0, 0.05) is 0 Å². The Balaban J connectivity index is 1.66. The highest BCUT2D eigenvalue weighted by Gasteiger charge is 2.37. The Kier molecular flexibility index (Phi) is 5.21. The highest BCUT2D eigenvalue weighted by molar-refractivity contribution is 6.99. The van der Waals surface area contributed by atoms with Gasteiger partial charge in [0.25, 0.3) is 0 Å². The molecule has 1 saturated heterocycles. The van der Waals surface area contributed by atoms with E-state index in [9.17, 15) is 0 Å². The molecule has 3 N–H and O–H groups in total. The van der Waals surface area contributed by atoms with Gasteiger partial charge in [-0.1, -0.05) is 89.5 Å². The Labute approximate surface area is 163 Å². The number of hydrogen-bond donors (Lipinski definition) is 3. The van der Waals surface area contributed by atoms with Crippen LogP contribution in [-0.4, -0.2) is 20.9 Å². The third-order valence-corrected chi connectivity index (χ3v) is 5.23. The second kappa shape index (κ2) is 7.77. The number of hydrogen-bond acceptors (Lipinski definition) is 3. The lowest BCUT2D eigenvalue weighted by Gasteiger charge is -2.34. The molecule has 0 saturated carbocycles. The fourth-order valence-electron chi connectivity index (χ4n) is 3.50. The molecule has 3 aromatic carbocycles. The molecular weight excluding hydrogens is 327 g/mol. The van der Waals surface area contributed by atoms with Gasteiger partial charge in [0.15, 0.2) is 0 Å². The van der Waals surface area contributed by atoms with E-state index in [2.05, 4.69) is 109 Å². The van der Waals surface area contributed by atoms with Crippen LogP contribution in [-0.2, 0) is 0 Å². The fourth-order valence-corrected chi connectivity index (χ4v) is 3.50.